The van der Waals surface area contributed by atoms with Crippen LogP contribution in [0.25, 0.3) is 43.6 Å². The molecule has 0 unspecified atom stereocenters. The number of amides is 2. The van der Waals surface area contributed by atoms with Crippen molar-refractivity contribution in [2.75, 3.05) is 47.9 Å². The number of rotatable bonds is 31. The van der Waals surface area contributed by atoms with Gasteiger partial charge in [-0.15, -0.1) is 0 Å². The van der Waals surface area contributed by atoms with Crippen molar-refractivity contribution < 1.29 is 23.6 Å². The molecule has 5 fully saturated rings. The van der Waals surface area contributed by atoms with Crippen LogP contribution in [0.15, 0.2) is 181 Å². The van der Waals surface area contributed by atoms with Crippen LogP contribution in [0.1, 0.15) is 254 Å². The largest absolute Gasteiger partial charge is 0.469 e. The molecular formula is C104H126N20O5. The molecule has 10 aromatic heterocycles. The number of carbonyl (C=O) groups excluding carboxylic acids is 4. The number of hydrogen-bond acceptors (Lipinski definition) is 18. The third-order valence-corrected chi connectivity index (χ3v) is 26.3. The van der Waals surface area contributed by atoms with Gasteiger partial charge in [0.2, 0.25) is 0 Å². The molecule has 4 aromatic carbocycles. The number of aryl methyl sites for hydroxylation is 10. The number of hydrogen-bond donors (Lipinski definition) is 8. The highest BCUT2D eigenvalue weighted by Crippen LogP contribution is 2.35. The van der Waals surface area contributed by atoms with Crippen molar-refractivity contribution in [1.82, 2.24) is 80.3 Å². The Balaban J connectivity index is 0.000000126. The summed E-state index contributed by atoms with van der Waals surface area (Å²) in [4.78, 5) is 72.4. The molecule has 5 aliphatic rings. The standard InChI is InChI=1S/C27H30N4O2.C26H30N6O.C26H35N5O.C25H31N5O/c32-25(15-13-22-7-4-18-33-22)20-11-8-19(9-12-20)10-14-23-26-24(31-30-23)16-17-28-27(26)29-21-5-2-1-3-6-21;1-32-21(13-16-28-32)17-24(33)19-10-7-18(8-11-19)9-12-22-25-23(31-30-22)14-15-27-26(25)29-20-5-3-2-4-6-20;1-18(2)17-31(3)26(32)20-12-9-19(10-13-20)11-14-22-24-23(30-29-22)15-16-27-25(24)28-21-7-5-4-6-8-21;1-17-15-30(16-17)25(31)19-10-7-18(8-11-19)9-12-21-23-22(29-28-21)13-14-26-24(23)27-20-5-3-2-4-6-20/h4,7-9,11-12,16-18,21H,1-3,5-6,10,13-15H2,(H,28,29)(H,30,31);7-8,10-11,13-16,20H,2-6,9,12,17H2,1H3,(H,27,29)(H,30,31);9-10,12-13,15-16,18,21H,4-8,11,14,17H2,1-3H3,(H,27,28)(H,29,30);7-8,10-11,13-14,17,20H,2-6,9,12,15-16H2,1H3,(H,26,27)(H,28,29). The highest BCUT2D eigenvalue weighted by Gasteiger charge is 2.29. The van der Waals surface area contributed by atoms with Crippen molar-refractivity contribution in [2.45, 2.75) is 244 Å². The van der Waals surface area contributed by atoms with Crippen LogP contribution in [-0.2, 0) is 71.3 Å². The topological polar surface area (TPSA) is 320 Å². The Morgan fingerprint density at radius 3 is 1.09 bits per heavy atom. The Morgan fingerprint density at radius 2 is 0.767 bits per heavy atom. The van der Waals surface area contributed by atoms with Crippen LogP contribution >= 0.6 is 0 Å². The van der Waals surface area contributed by atoms with E-state index < -0.39 is 0 Å². The highest BCUT2D eigenvalue weighted by atomic mass is 16.3. The summed E-state index contributed by atoms with van der Waals surface area (Å²) in [6, 6.07) is 47.5. The summed E-state index contributed by atoms with van der Waals surface area (Å²) in [6.07, 6.45) is 44.4. The molecule has 2 amide bonds. The van der Waals surface area contributed by atoms with Gasteiger partial charge in [0.1, 0.15) is 29.0 Å². The van der Waals surface area contributed by atoms with Crippen molar-refractivity contribution in [2.24, 2.45) is 18.9 Å². The number of fused-ring (bicyclic) bond motifs is 4. The van der Waals surface area contributed by atoms with Crippen molar-refractivity contribution >= 4 is 90.3 Å². The lowest BCUT2D eigenvalue weighted by Crippen LogP contribution is -2.48. The summed E-state index contributed by atoms with van der Waals surface area (Å²) >= 11 is 0. The SMILES string of the molecule is CC(C)CN(C)C(=O)c1ccc(CCc2[nH]nc3ccnc(NC4CCCCC4)c23)cc1.CC1CN(C(=O)c2ccc(CCc3[nH]nc4ccnc(NC5CCCCC5)c34)cc2)C1.Cn1nccc1CC(=O)c1ccc(CCc2[nH]nc3ccnc(NC4CCCCC4)c23)cc1.O=C(CCc1ccco1)c1ccc(CCc2[nH]nc3ccnc(NC4CCCCC4)c23)cc1. The molecule has 672 valence electrons. The molecule has 11 heterocycles. The highest BCUT2D eigenvalue weighted by molar-refractivity contribution is 5.99. The fourth-order valence-corrected chi connectivity index (χ4v) is 19.0. The lowest BCUT2D eigenvalue weighted by Gasteiger charge is -2.37. The van der Waals surface area contributed by atoms with E-state index in [-0.39, 0.29) is 23.4 Å². The number of Topliss-reactive ketones (excluding diaryl/α,β-unsaturated/α-hetero) is 2. The van der Waals surface area contributed by atoms with Crippen LogP contribution < -0.4 is 21.3 Å². The molecule has 1 saturated heterocycles. The van der Waals surface area contributed by atoms with Crippen molar-refractivity contribution in [3.63, 3.8) is 0 Å². The van der Waals surface area contributed by atoms with Gasteiger partial charge >= 0.3 is 0 Å². The summed E-state index contributed by atoms with van der Waals surface area (Å²) in [5, 5.41) is 54.2. The zero-order valence-electron chi connectivity index (χ0n) is 75.7. The summed E-state index contributed by atoms with van der Waals surface area (Å²) in [6.45, 7) is 8.93. The van der Waals surface area contributed by atoms with Crippen molar-refractivity contribution in [1.29, 1.82) is 0 Å². The normalized spacial score (nSPS) is 15.3. The average molecular weight is 1740 g/mol. The van der Waals surface area contributed by atoms with Gasteiger partial charge in [-0.25, -0.2) is 19.9 Å². The number of furan rings is 1. The number of aromatic amines is 4. The second kappa shape index (κ2) is 43.9. The molecule has 19 rings (SSSR count). The monoisotopic (exact) mass is 1740 g/mol. The first-order chi connectivity index (χ1) is 63.1. The predicted octanol–water partition coefficient (Wildman–Crippen LogP) is 20.3. The Labute approximate surface area is 756 Å². The number of anilines is 4. The molecule has 0 radical (unpaired) electrons. The molecule has 0 atom stereocenters. The minimum Gasteiger partial charge on any atom is -0.469 e. The second-order valence-corrected chi connectivity index (χ2v) is 36.7. The van der Waals surface area contributed by atoms with Crippen LogP contribution in [0.3, 0.4) is 0 Å². The predicted molar refractivity (Wildman–Crippen MR) is 512 cm³/mol. The maximum atomic E-state index is 12.6. The molecule has 4 aliphatic carbocycles. The Kier molecular flexibility index (Phi) is 30.5. The molecule has 1 aliphatic heterocycles. The van der Waals surface area contributed by atoms with Crippen molar-refractivity contribution in [3.8, 4) is 0 Å². The Morgan fingerprint density at radius 1 is 0.419 bits per heavy atom. The third-order valence-electron chi connectivity index (χ3n) is 26.3. The number of aromatic nitrogens is 14. The number of pyridine rings is 4. The van der Waals surface area contributed by atoms with E-state index in [4.69, 9.17) is 4.42 Å². The lowest BCUT2D eigenvalue weighted by molar-refractivity contribution is 0.0530. The Hall–Kier alpha value is -12.7. The van der Waals surface area contributed by atoms with E-state index in [1.807, 2.05) is 135 Å². The number of carbonyl (C=O) groups is 4. The minimum absolute atomic E-state index is 0.0781. The summed E-state index contributed by atoms with van der Waals surface area (Å²) in [5.41, 5.74) is 17.0. The fraction of sp³-hybridized carbons (Fsp3) is 0.433. The summed E-state index contributed by atoms with van der Waals surface area (Å²) in [5.74, 6) is 6.20. The molecular weight excluding hydrogens is 1610 g/mol. The van der Waals surface area contributed by atoms with E-state index in [0.29, 0.717) is 55.3 Å². The molecule has 25 heteroatoms. The summed E-state index contributed by atoms with van der Waals surface area (Å²) in [7, 11) is 3.73. The number of ketones is 2. The van der Waals surface area contributed by atoms with Gasteiger partial charge in [-0.2, -0.15) is 25.5 Å². The first-order valence-corrected chi connectivity index (χ1v) is 47.4. The third kappa shape index (κ3) is 23.8. The molecule has 129 heavy (non-hydrogen) atoms. The smallest absolute Gasteiger partial charge is 0.253 e. The molecule has 25 nitrogen and oxygen atoms in total. The van der Waals surface area contributed by atoms with E-state index in [1.165, 1.54) is 151 Å². The first-order valence-electron chi connectivity index (χ1n) is 47.4. The van der Waals surface area contributed by atoms with E-state index in [2.05, 4.69) is 156 Å². The molecule has 14 aromatic rings. The number of H-pyrrole nitrogens is 4. The molecule has 0 bridgehead atoms. The van der Waals surface area contributed by atoms with E-state index in [0.717, 1.165) is 194 Å². The second-order valence-electron chi connectivity index (χ2n) is 36.7. The van der Waals surface area contributed by atoms with Gasteiger partial charge in [0, 0.05) is 152 Å². The van der Waals surface area contributed by atoms with E-state index in [1.54, 1.807) is 22.0 Å². The number of nitrogens with zero attached hydrogens (tertiary/aromatic N) is 12. The van der Waals surface area contributed by atoms with Crippen LogP contribution in [-0.4, -0.2) is 155 Å². The first kappa shape index (κ1) is 89.7. The van der Waals surface area contributed by atoms with Crippen molar-refractivity contribution in [3.05, 3.63) is 256 Å². The van der Waals surface area contributed by atoms with Crippen LogP contribution in [0.5, 0.6) is 0 Å². The maximum Gasteiger partial charge on any atom is 0.253 e. The number of likely N-dealkylation sites (tertiary alicyclic amines) is 1. The minimum atomic E-state index is 0.0781. The fourth-order valence-electron chi connectivity index (χ4n) is 19.0. The van der Waals surface area contributed by atoms with Gasteiger partial charge in [-0.1, -0.05) is 171 Å². The number of nitrogens with one attached hydrogen (secondary N) is 8. The number of benzene rings is 4. The van der Waals surface area contributed by atoms with Gasteiger partial charge in [0.15, 0.2) is 11.6 Å². The van der Waals surface area contributed by atoms with Gasteiger partial charge < -0.3 is 35.5 Å². The van der Waals surface area contributed by atoms with Crippen LogP contribution in [0.2, 0.25) is 0 Å². The molecule has 4 saturated carbocycles. The zero-order chi connectivity index (χ0) is 88.8. The van der Waals surface area contributed by atoms with Gasteiger partial charge in [0.25, 0.3) is 11.8 Å². The van der Waals surface area contributed by atoms with Gasteiger partial charge in [-0.3, -0.25) is 44.3 Å². The van der Waals surface area contributed by atoms with Gasteiger partial charge in [-0.05, 0) is 204 Å². The van der Waals surface area contributed by atoms with Gasteiger partial charge in [0.05, 0.1) is 56.3 Å². The quantitative estimate of drug-likeness (QED) is 0.0187. The van der Waals surface area contributed by atoms with Crippen LogP contribution in [0.4, 0.5) is 23.3 Å². The van der Waals surface area contributed by atoms with Crippen LogP contribution in [0, 0.1) is 11.8 Å². The van der Waals surface area contributed by atoms with E-state index >= 15 is 0 Å². The lowest BCUT2D eigenvalue weighted by atomic mass is 9.95. The zero-order valence-corrected chi connectivity index (χ0v) is 75.7. The Bertz CT molecular complexity index is 5960. The maximum absolute atomic E-state index is 12.6. The van der Waals surface area contributed by atoms with E-state index in [9.17, 15) is 19.2 Å². The summed E-state index contributed by atoms with van der Waals surface area (Å²) < 4.78 is 7.06. The molecule has 8 N–H and O–H groups in total. The average Bonchev–Trinajstić information content (AvgIpc) is 1.66. The molecule has 0 spiro atoms.